The van der Waals surface area contributed by atoms with E-state index in [1.165, 1.54) is 0 Å². The topological polar surface area (TPSA) is 38.7 Å². The molecule has 1 fully saturated rings. The summed E-state index contributed by atoms with van der Waals surface area (Å²) in [5, 5.41) is 9.91. The highest BCUT2D eigenvalue weighted by Gasteiger charge is 2.37. The lowest BCUT2D eigenvalue weighted by atomic mass is 9.90. The molecular formula is C13H17ClO3S. The predicted octanol–water partition coefficient (Wildman–Crippen LogP) is 2.46. The number of rotatable bonds is 7. The van der Waals surface area contributed by atoms with Gasteiger partial charge in [0.1, 0.15) is 5.75 Å². The summed E-state index contributed by atoms with van der Waals surface area (Å²) in [7, 11) is 0. The van der Waals surface area contributed by atoms with Crippen molar-refractivity contribution in [1.82, 2.24) is 0 Å². The van der Waals surface area contributed by atoms with Crippen molar-refractivity contribution in [2.75, 3.05) is 37.9 Å². The van der Waals surface area contributed by atoms with E-state index < -0.39 is 0 Å². The van der Waals surface area contributed by atoms with Gasteiger partial charge in [-0.15, -0.1) is 0 Å². The molecule has 3 nitrogen and oxygen atoms in total. The first-order valence-electron chi connectivity index (χ1n) is 5.89. The van der Waals surface area contributed by atoms with Crippen LogP contribution in [0.3, 0.4) is 0 Å². The molecule has 1 heterocycles. The maximum absolute atomic E-state index is 9.27. The first-order valence-corrected chi connectivity index (χ1v) is 7.43. The number of aliphatic hydroxyl groups excluding tert-OH is 1. The normalized spacial score (nSPS) is 17.2. The van der Waals surface area contributed by atoms with Crippen molar-refractivity contribution >= 4 is 23.4 Å². The summed E-state index contributed by atoms with van der Waals surface area (Å²) in [5.41, 5.74) is -0.0188. The second-order valence-electron chi connectivity index (χ2n) is 4.48. The average molecular weight is 289 g/mol. The molecule has 0 unspecified atom stereocenters. The smallest absolute Gasteiger partial charge is 0.137 e. The van der Waals surface area contributed by atoms with Gasteiger partial charge in [0.15, 0.2) is 0 Å². The number of aliphatic hydroxyl groups is 1. The highest BCUT2D eigenvalue weighted by atomic mass is 35.5. The Balaban J connectivity index is 1.63. The van der Waals surface area contributed by atoms with E-state index in [4.69, 9.17) is 21.1 Å². The molecule has 1 aromatic carbocycles. The van der Waals surface area contributed by atoms with Crippen molar-refractivity contribution in [1.29, 1.82) is 0 Å². The van der Waals surface area contributed by atoms with E-state index in [9.17, 15) is 5.11 Å². The van der Waals surface area contributed by atoms with Crippen LogP contribution in [0.5, 0.6) is 5.75 Å². The summed E-state index contributed by atoms with van der Waals surface area (Å²) in [5.74, 6) is 2.52. The quantitative estimate of drug-likeness (QED) is 0.782. The van der Waals surface area contributed by atoms with E-state index in [1.54, 1.807) is 11.8 Å². The predicted molar refractivity (Wildman–Crippen MR) is 74.6 cm³/mol. The standard InChI is InChI=1S/C13H17ClO3S/c14-11-3-1-2-4-12(11)17-5-6-18-10-13(7-15)8-16-9-13/h1-4,15H,5-10H2. The van der Waals surface area contributed by atoms with Crippen molar-refractivity contribution in [3.05, 3.63) is 29.3 Å². The van der Waals surface area contributed by atoms with Crippen molar-refractivity contribution < 1.29 is 14.6 Å². The van der Waals surface area contributed by atoms with Gasteiger partial charge in [-0.3, -0.25) is 0 Å². The van der Waals surface area contributed by atoms with Crippen LogP contribution in [0.15, 0.2) is 24.3 Å². The van der Waals surface area contributed by atoms with Gasteiger partial charge in [-0.25, -0.2) is 0 Å². The van der Waals surface area contributed by atoms with Crippen LogP contribution in [0.4, 0.5) is 0 Å². The third-order valence-electron chi connectivity index (χ3n) is 2.88. The zero-order valence-corrected chi connectivity index (χ0v) is 11.7. The third-order valence-corrected chi connectivity index (χ3v) is 4.47. The van der Waals surface area contributed by atoms with Crippen molar-refractivity contribution in [3.63, 3.8) is 0 Å². The minimum absolute atomic E-state index is 0.0188. The highest BCUT2D eigenvalue weighted by molar-refractivity contribution is 7.99. The molecule has 0 saturated carbocycles. The molecule has 1 aliphatic rings. The Morgan fingerprint density at radius 1 is 1.39 bits per heavy atom. The maximum Gasteiger partial charge on any atom is 0.137 e. The number of para-hydroxylation sites is 1. The number of thioether (sulfide) groups is 1. The summed E-state index contributed by atoms with van der Waals surface area (Å²) in [6.07, 6.45) is 0. The van der Waals surface area contributed by atoms with Gasteiger partial charge in [-0.05, 0) is 12.1 Å². The molecule has 1 aromatic rings. The lowest BCUT2D eigenvalue weighted by Gasteiger charge is -2.39. The van der Waals surface area contributed by atoms with Gasteiger partial charge in [0, 0.05) is 16.9 Å². The molecule has 0 atom stereocenters. The van der Waals surface area contributed by atoms with Gasteiger partial charge in [0.25, 0.3) is 0 Å². The number of hydrogen-bond acceptors (Lipinski definition) is 4. The molecule has 18 heavy (non-hydrogen) atoms. The molecule has 1 saturated heterocycles. The summed E-state index contributed by atoms with van der Waals surface area (Å²) in [6.45, 7) is 2.16. The third kappa shape index (κ3) is 3.54. The van der Waals surface area contributed by atoms with E-state index in [1.807, 2.05) is 24.3 Å². The minimum Gasteiger partial charge on any atom is -0.491 e. The molecule has 100 valence electrons. The molecule has 0 aliphatic carbocycles. The fourth-order valence-corrected chi connectivity index (χ4v) is 2.90. The van der Waals surface area contributed by atoms with Crippen LogP contribution in [0.25, 0.3) is 0 Å². The van der Waals surface area contributed by atoms with Crippen molar-refractivity contribution in [3.8, 4) is 5.75 Å². The second-order valence-corrected chi connectivity index (χ2v) is 5.99. The first kappa shape index (κ1) is 14.0. The van der Waals surface area contributed by atoms with Gasteiger partial charge in [-0.1, -0.05) is 23.7 Å². The van der Waals surface area contributed by atoms with Gasteiger partial charge in [0.2, 0.25) is 0 Å². The fraction of sp³-hybridized carbons (Fsp3) is 0.538. The molecule has 5 heteroatoms. The zero-order valence-electron chi connectivity index (χ0n) is 10.1. The summed E-state index contributed by atoms with van der Waals surface area (Å²) in [4.78, 5) is 0. The van der Waals surface area contributed by atoms with E-state index in [0.717, 1.165) is 17.3 Å². The molecule has 0 amide bonds. The Bertz CT molecular complexity index is 377. The first-order chi connectivity index (χ1) is 8.76. The van der Waals surface area contributed by atoms with E-state index in [-0.39, 0.29) is 12.0 Å². The zero-order chi connectivity index (χ0) is 12.8. The largest absolute Gasteiger partial charge is 0.491 e. The molecule has 0 radical (unpaired) electrons. The van der Waals surface area contributed by atoms with Gasteiger partial charge >= 0.3 is 0 Å². The van der Waals surface area contributed by atoms with E-state index in [2.05, 4.69) is 0 Å². The molecule has 0 aromatic heterocycles. The van der Waals surface area contributed by atoms with Gasteiger partial charge < -0.3 is 14.6 Å². The minimum atomic E-state index is -0.0188. The number of ether oxygens (including phenoxy) is 2. The molecule has 2 rings (SSSR count). The number of hydrogen-bond donors (Lipinski definition) is 1. The van der Waals surface area contributed by atoms with E-state index in [0.29, 0.717) is 24.8 Å². The van der Waals surface area contributed by atoms with Crippen LogP contribution in [-0.2, 0) is 4.74 Å². The molecule has 0 bridgehead atoms. The van der Waals surface area contributed by atoms with Crippen LogP contribution in [-0.4, -0.2) is 43.0 Å². The Morgan fingerprint density at radius 2 is 2.17 bits per heavy atom. The second kappa shape index (κ2) is 6.66. The Kier molecular flexibility index (Phi) is 5.18. The summed E-state index contributed by atoms with van der Waals surface area (Å²) in [6, 6.07) is 7.46. The summed E-state index contributed by atoms with van der Waals surface area (Å²) < 4.78 is 10.7. The molecule has 1 aliphatic heterocycles. The lowest BCUT2D eigenvalue weighted by Crippen LogP contribution is -2.47. The summed E-state index contributed by atoms with van der Waals surface area (Å²) >= 11 is 7.76. The fourth-order valence-electron chi connectivity index (χ4n) is 1.67. The van der Waals surface area contributed by atoms with Gasteiger partial charge in [-0.2, -0.15) is 11.8 Å². The SMILES string of the molecule is OCC1(CSCCOc2ccccc2Cl)COC1. The Hall–Kier alpha value is -0.420. The van der Waals surface area contributed by atoms with Gasteiger partial charge in [0.05, 0.1) is 31.5 Å². The maximum atomic E-state index is 9.27. The number of halogens is 1. The number of benzene rings is 1. The van der Waals surface area contributed by atoms with Crippen molar-refractivity contribution in [2.24, 2.45) is 5.41 Å². The monoisotopic (exact) mass is 288 g/mol. The van der Waals surface area contributed by atoms with Crippen LogP contribution in [0, 0.1) is 5.41 Å². The van der Waals surface area contributed by atoms with Crippen molar-refractivity contribution in [2.45, 2.75) is 0 Å². The van der Waals surface area contributed by atoms with Crippen LogP contribution >= 0.6 is 23.4 Å². The van der Waals surface area contributed by atoms with Crippen LogP contribution < -0.4 is 4.74 Å². The lowest BCUT2D eigenvalue weighted by molar-refractivity contribution is -0.121. The Labute approximate surface area is 116 Å². The van der Waals surface area contributed by atoms with E-state index >= 15 is 0 Å². The van der Waals surface area contributed by atoms with Crippen LogP contribution in [0.1, 0.15) is 0 Å². The van der Waals surface area contributed by atoms with Crippen LogP contribution in [0.2, 0.25) is 5.02 Å². The Morgan fingerprint density at radius 3 is 2.78 bits per heavy atom. The molecule has 1 N–H and O–H groups in total. The average Bonchev–Trinajstić information content (AvgIpc) is 2.34. The highest BCUT2D eigenvalue weighted by Crippen LogP contribution is 2.31. The molecular weight excluding hydrogens is 272 g/mol. The molecule has 0 spiro atoms.